The maximum absolute atomic E-state index is 13.2. The van der Waals surface area contributed by atoms with Gasteiger partial charge in [-0.05, 0) is 64.9 Å². The number of hydrogen-bond donors (Lipinski definition) is 1. The van der Waals surface area contributed by atoms with Gasteiger partial charge in [0.15, 0.2) is 5.78 Å². The molecule has 0 radical (unpaired) electrons. The van der Waals surface area contributed by atoms with Gasteiger partial charge in [0.1, 0.15) is 11.6 Å². The van der Waals surface area contributed by atoms with E-state index in [1.54, 1.807) is 4.57 Å². The molecule has 0 aliphatic heterocycles. The Balaban J connectivity index is 1.92. The first kappa shape index (κ1) is 21.8. The van der Waals surface area contributed by atoms with E-state index in [1.165, 1.54) is 6.08 Å². The average molecular weight is 407 g/mol. The summed E-state index contributed by atoms with van der Waals surface area (Å²) in [6.07, 6.45) is 5.49. The van der Waals surface area contributed by atoms with E-state index in [1.807, 2.05) is 38.4 Å². The van der Waals surface area contributed by atoms with E-state index in [9.17, 15) is 14.9 Å². The lowest BCUT2D eigenvalue weighted by Crippen LogP contribution is -2.31. The van der Waals surface area contributed by atoms with Crippen LogP contribution < -0.4 is 10.9 Å². The molecule has 1 aliphatic rings. The van der Waals surface area contributed by atoms with Gasteiger partial charge < -0.3 is 14.8 Å². The number of anilines is 1. The van der Waals surface area contributed by atoms with Crippen molar-refractivity contribution in [1.82, 2.24) is 9.47 Å². The van der Waals surface area contributed by atoms with Gasteiger partial charge in [-0.2, -0.15) is 5.26 Å². The normalized spacial score (nSPS) is 18.9. The summed E-state index contributed by atoms with van der Waals surface area (Å²) in [7, 11) is 4.01. The Hall–Kier alpha value is -2.91. The monoisotopic (exact) mass is 406 g/mol. The molecule has 1 fully saturated rings. The Morgan fingerprint density at radius 2 is 2.00 bits per heavy atom. The molecule has 6 nitrogen and oxygen atoms in total. The van der Waals surface area contributed by atoms with Crippen LogP contribution in [0.3, 0.4) is 0 Å². The number of allylic oxidation sites excluding steroid dienone is 1. The number of hydrogen-bond acceptors (Lipinski definition) is 5. The number of nitriles is 1. The molecule has 1 aromatic heterocycles. The number of carbonyl (C=O) groups excluding carboxylic acids is 1. The van der Waals surface area contributed by atoms with Gasteiger partial charge in [-0.25, -0.2) is 0 Å². The van der Waals surface area contributed by atoms with E-state index in [0.29, 0.717) is 12.2 Å². The molecule has 0 spiro atoms. The molecule has 0 unspecified atom stereocenters. The molecular weight excluding hydrogens is 376 g/mol. The third-order valence-corrected chi connectivity index (χ3v) is 5.95. The van der Waals surface area contributed by atoms with Crippen LogP contribution in [0.15, 0.2) is 41.7 Å². The minimum absolute atomic E-state index is 0.0393. The number of para-hydroxylation sites is 1. The van der Waals surface area contributed by atoms with Gasteiger partial charge in [-0.3, -0.25) is 9.59 Å². The van der Waals surface area contributed by atoms with Crippen molar-refractivity contribution < 1.29 is 4.79 Å². The van der Waals surface area contributed by atoms with Crippen molar-refractivity contribution >= 4 is 22.4 Å². The van der Waals surface area contributed by atoms with Crippen molar-refractivity contribution in [3.8, 4) is 6.07 Å². The average Bonchev–Trinajstić information content (AvgIpc) is 2.75. The molecule has 3 rings (SSSR count). The van der Waals surface area contributed by atoms with Gasteiger partial charge >= 0.3 is 0 Å². The fraction of sp³-hybridized carbons (Fsp3) is 0.458. The van der Waals surface area contributed by atoms with Gasteiger partial charge in [0, 0.05) is 23.9 Å². The first-order valence-electron chi connectivity index (χ1n) is 10.6. The van der Waals surface area contributed by atoms with Crippen molar-refractivity contribution in [2.45, 2.75) is 44.7 Å². The van der Waals surface area contributed by atoms with Crippen molar-refractivity contribution in [1.29, 1.82) is 5.26 Å². The first-order chi connectivity index (χ1) is 14.5. The summed E-state index contributed by atoms with van der Waals surface area (Å²) >= 11 is 0. The largest absolute Gasteiger partial charge is 0.381 e. The Bertz CT molecular complexity index is 1020. The second-order valence-corrected chi connectivity index (χ2v) is 8.29. The van der Waals surface area contributed by atoms with Crippen LogP contribution in [-0.4, -0.2) is 41.9 Å². The molecule has 0 amide bonds. The topological polar surface area (TPSA) is 78.1 Å². The molecule has 0 saturated heterocycles. The van der Waals surface area contributed by atoms with Crippen LogP contribution in [0.2, 0.25) is 0 Å². The second-order valence-electron chi connectivity index (χ2n) is 8.29. The number of nitrogens with one attached hydrogen (secondary N) is 1. The van der Waals surface area contributed by atoms with Crippen molar-refractivity contribution in [3.05, 3.63) is 52.8 Å². The van der Waals surface area contributed by atoms with Gasteiger partial charge in [0.05, 0.1) is 11.2 Å². The number of pyridine rings is 1. The Morgan fingerprint density at radius 1 is 1.30 bits per heavy atom. The van der Waals surface area contributed by atoms with Crippen LogP contribution in [0, 0.1) is 17.2 Å². The van der Waals surface area contributed by atoms with Crippen molar-refractivity contribution in [3.63, 3.8) is 0 Å². The van der Waals surface area contributed by atoms with E-state index in [2.05, 4.69) is 22.9 Å². The summed E-state index contributed by atoms with van der Waals surface area (Å²) in [4.78, 5) is 27.1. The van der Waals surface area contributed by atoms with Crippen molar-refractivity contribution in [2.75, 3.05) is 26.0 Å². The minimum Gasteiger partial charge on any atom is -0.381 e. The Kier molecular flexibility index (Phi) is 7.07. The number of rotatable bonds is 8. The predicted molar refractivity (Wildman–Crippen MR) is 121 cm³/mol. The van der Waals surface area contributed by atoms with Gasteiger partial charge in [0.2, 0.25) is 0 Å². The van der Waals surface area contributed by atoms with Crippen LogP contribution in [0.5, 0.6) is 0 Å². The van der Waals surface area contributed by atoms with E-state index in [0.717, 1.165) is 49.6 Å². The summed E-state index contributed by atoms with van der Waals surface area (Å²) < 4.78 is 1.72. The Labute approximate surface area is 177 Å². The molecule has 1 saturated carbocycles. The number of ketones is 1. The molecule has 1 aromatic carbocycles. The molecule has 2 aromatic rings. The smallest absolute Gasteiger partial charge is 0.271 e. The fourth-order valence-corrected chi connectivity index (χ4v) is 4.32. The van der Waals surface area contributed by atoms with Gasteiger partial charge in [0.25, 0.3) is 5.56 Å². The maximum atomic E-state index is 13.2. The second kappa shape index (κ2) is 9.73. The SMILES string of the molecule is C=CC(=O)C1CCC(Nc2c(C#N)c(=O)n(CCCN(C)C)c3ccccc23)CC1. The summed E-state index contributed by atoms with van der Waals surface area (Å²) in [5.74, 6) is 0.148. The third kappa shape index (κ3) is 4.63. The summed E-state index contributed by atoms with van der Waals surface area (Å²) in [5.41, 5.74) is 1.40. The standard InChI is InChI=1S/C24H30N4O2/c1-4-22(29)17-10-12-18(13-11-17)26-23-19-8-5-6-9-21(19)28(15-7-14-27(2)3)24(30)20(23)16-25/h4-6,8-9,17-18,26H,1,7,10-15H2,2-3H3. The van der Waals surface area contributed by atoms with Crippen LogP contribution in [0.1, 0.15) is 37.7 Å². The van der Waals surface area contributed by atoms with E-state index >= 15 is 0 Å². The molecule has 6 heteroatoms. The summed E-state index contributed by atoms with van der Waals surface area (Å²) in [6, 6.07) is 10.0. The van der Waals surface area contributed by atoms with Gasteiger partial charge in [-0.1, -0.05) is 24.8 Å². The lowest BCUT2D eigenvalue weighted by molar-refractivity contribution is -0.119. The van der Waals surface area contributed by atoms with E-state index < -0.39 is 0 Å². The van der Waals surface area contributed by atoms with Crippen LogP contribution >= 0.6 is 0 Å². The number of fused-ring (bicyclic) bond motifs is 1. The quantitative estimate of drug-likeness (QED) is 0.679. The van der Waals surface area contributed by atoms with Gasteiger partial charge in [-0.15, -0.1) is 0 Å². The highest BCUT2D eigenvalue weighted by Crippen LogP contribution is 2.31. The minimum atomic E-state index is -0.243. The number of carbonyl (C=O) groups is 1. The molecule has 0 bridgehead atoms. The molecular formula is C24H30N4O2. The highest BCUT2D eigenvalue weighted by atomic mass is 16.1. The zero-order valence-electron chi connectivity index (χ0n) is 17.9. The van der Waals surface area contributed by atoms with Crippen LogP contribution in [0.25, 0.3) is 10.9 Å². The number of aromatic nitrogens is 1. The molecule has 1 aliphatic carbocycles. The van der Waals surface area contributed by atoms with Crippen molar-refractivity contribution in [2.24, 2.45) is 5.92 Å². The lowest BCUT2D eigenvalue weighted by atomic mass is 9.83. The zero-order chi connectivity index (χ0) is 21.7. The molecule has 1 N–H and O–H groups in total. The molecule has 1 heterocycles. The van der Waals surface area contributed by atoms with Crippen LogP contribution in [-0.2, 0) is 11.3 Å². The first-order valence-corrected chi connectivity index (χ1v) is 10.6. The highest BCUT2D eigenvalue weighted by Gasteiger charge is 2.26. The summed E-state index contributed by atoms with van der Waals surface area (Å²) in [6.45, 7) is 5.03. The third-order valence-electron chi connectivity index (χ3n) is 5.95. The zero-order valence-corrected chi connectivity index (χ0v) is 17.9. The predicted octanol–water partition coefficient (Wildman–Crippen LogP) is 3.55. The highest BCUT2D eigenvalue weighted by molar-refractivity contribution is 5.94. The van der Waals surface area contributed by atoms with E-state index in [-0.39, 0.29) is 28.9 Å². The number of nitrogens with zero attached hydrogens (tertiary/aromatic N) is 3. The fourth-order valence-electron chi connectivity index (χ4n) is 4.32. The maximum Gasteiger partial charge on any atom is 0.271 e. The van der Waals surface area contributed by atoms with Crippen LogP contribution in [0.4, 0.5) is 5.69 Å². The molecule has 0 atom stereocenters. The Morgan fingerprint density at radius 3 is 2.63 bits per heavy atom. The van der Waals surface area contributed by atoms with E-state index in [4.69, 9.17) is 0 Å². The molecule has 158 valence electrons. The summed E-state index contributed by atoms with van der Waals surface area (Å²) in [5, 5.41) is 14.2. The number of aryl methyl sites for hydroxylation is 1. The number of benzene rings is 1. The lowest BCUT2D eigenvalue weighted by Gasteiger charge is -2.29. The molecule has 30 heavy (non-hydrogen) atoms.